The van der Waals surface area contributed by atoms with Crippen LogP contribution in [0.1, 0.15) is 12.6 Å². The minimum Gasteiger partial charge on any atom is -0.265 e. The van der Waals surface area contributed by atoms with Crippen molar-refractivity contribution >= 4 is 26.8 Å². The van der Waals surface area contributed by atoms with E-state index in [2.05, 4.69) is 21.0 Å². The molecule has 0 fully saturated rings. The predicted molar refractivity (Wildman–Crippen MR) is 57.8 cm³/mol. The Labute approximate surface area is 89.8 Å². The first kappa shape index (κ1) is 9.65. The van der Waals surface area contributed by atoms with Gasteiger partial charge < -0.3 is 0 Å². The molecule has 0 spiro atoms. The van der Waals surface area contributed by atoms with Crippen molar-refractivity contribution in [2.75, 3.05) is 0 Å². The van der Waals surface area contributed by atoms with E-state index < -0.39 is 0 Å². The summed E-state index contributed by atoms with van der Waals surface area (Å²) in [6.07, 6.45) is 0. The largest absolute Gasteiger partial charge is 0.265 e. The zero-order valence-corrected chi connectivity index (χ0v) is 9.60. The molecule has 0 N–H and O–H groups in total. The van der Waals surface area contributed by atoms with E-state index in [0.717, 1.165) is 22.2 Å². The van der Waals surface area contributed by atoms with Gasteiger partial charge in [0.2, 0.25) is 0 Å². The van der Waals surface area contributed by atoms with Crippen LogP contribution in [0.5, 0.6) is 0 Å². The molecule has 0 bridgehead atoms. The Bertz CT molecular complexity index is 490. The maximum atomic E-state index is 13.6. The van der Waals surface area contributed by atoms with Gasteiger partial charge >= 0.3 is 0 Å². The number of fused-ring (bicyclic) bond motifs is 1. The Morgan fingerprint density at radius 2 is 2.21 bits per heavy atom. The van der Waals surface area contributed by atoms with Gasteiger partial charge in [0, 0.05) is 11.0 Å². The molecule has 0 aliphatic heterocycles. The van der Waals surface area contributed by atoms with Gasteiger partial charge in [0.15, 0.2) is 0 Å². The molecule has 2 aromatic rings. The van der Waals surface area contributed by atoms with Crippen LogP contribution < -0.4 is 0 Å². The predicted octanol–water partition coefficient (Wildman–Crippen LogP) is 3.27. The Kier molecular flexibility index (Phi) is 2.31. The summed E-state index contributed by atoms with van der Waals surface area (Å²) in [4.78, 5) is 0. The summed E-state index contributed by atoms with van der Waals surface area (Å²) in [5.74, 6) is -0.216. The van der Waals surface area contributed by atoms with E-state index in [0.29, 0.717) is 5.39 Å². The first-order valence-electron chi connectivity index (χ1n) is 4.45. The molecule has 2 nitrogen and oxygen atoms in total. The summed E-state index contributed by atoms with van der Waals surface area (Å²) in [5, 5.41) is 4.89. The van der Waals surface area contributed by atoms with Crippen molar-refractivity contribution in [1.29, 1.82) is 0 Å². The highest BCUT2D eigenvalue weighted by Gasteiger charge is 2.11. The van der Waals surface area contributed by atoms with Crippen molar-refractivity contribution < 1.29 is 4.39 Å². The van der Waals surface area contributed by atoms with Crippen LogP contribution in [-0.4, -0.2) is 9.78 Å². The maximum Gasteiger partial charge on any atom is 0.135 e. The van der Waals surface area contributed by atoms with Crippen LogP contribution in [0.25, 0.3) is 10.9 Å². The Morgan fingerprint density at radius 3 is 2.86 bits per heavy atom. The Morgan fingerprint density at radius 1 is 1.50 bits per heavy atom. The summed E-state index contributed by atoms with van der Waals surface area (Å²) in [6.45, 7) is 4.57. The lowest BCUT2D eigenvalue weighted by Gasteiger charge is -1.99. The number of aromatic nitrogens is 2. The molecule has 4 heteroatoms. The third-order valence-electron chi connectivity index (χ3n) is 2.24. The first-order chi connectivity index (χ1) is 6.63. The first-order valence-corrected chi connectivity index (χ1v) is 5.25. The molecule has 0 saturated heterocycles. The topological polar surface area (TPSA) is 17.8 Å². The van der Waals surface area contributed by atoms with E-state index in [1.165, 1.54) is 6.07 Å². The average molecular weight is 257 g/mol. The van der Waals surface area contributed by atoms with Crippen molar-refractivity contribution in [3.8, 4) is 0 Å². The molecule has 0 aliphatic carbocycles. The number of hydrogen-bond donors (Lipinski definition) is 0. The van der Waals surface area contributed by atoms with E-state index in [9.17, 15) is 4.39 Å². The van der Waals surface area contributed by atoms with E-state index in [1.54, 1.807) is 4.68 Å². The molecular formula is C10H10BrFN2. The molecule has 0 radical (unpaired) electrons. The Hall–Kier alpha value is -0.900. The SMILES string of the molecule is CCn1nc(C)c2c(F)cc(Br)cc21. The molecular weight excluding hydrogens is 247 g/mol. The van der Waals surface area contributed by atoms with Crippen molar-refractivity contribution in [1.82, 2.24) is 9.78 Å². The third kappa shape index (κ3) is 1.34. The number of hydrogen-bond acceptors (Lipinski definition) is 1. The van der Waals surface area contributed by atoms with Crippen LogP contribution in [0.3, 0.4) is 0 Å². The summed E-state index contributed by atoms with van der Waals surface area (Å²) in [5.41, 5.74) is 1.59. The molecule has 0 aliphatic rings. The zero-order valence-electron chi connectivity index (χ0n) is 8.01. The standard InChI is InChI=1S/C10H10BrFN2/c1-3-14-9-5-7(11)4-8(12)10(9)6(2)13-14/h4-5H,3H2,1-2H3. The molecule has 1 heterocycles. The zero-order chi connectivity index (χ0) is 10.3. The Balaban J connectivity index is 2.89. The van der Waals surface area contributed by atoms with E-state index in [4.69, 9.17) is 0 Å². The number of aryl methyl sites for hydroxylation is 2. The van der Waals surface area contributed by atoms with Crippen molar-refractivity contribution in [3.63, 3.8) is 0 Å². The second kappa shape index (κ2) is 3.35. The molecule has 0 unspecified atom stereocenters. The van der Waals surface area contributed by atoms with Crippen LogP contribution in [0, 0.1) is 12.7 Å². The monoisotopic (exact) mass is 256 g/mol. The lowest BCUT2D eigenvalue weighted by Crippen LogP contribution is -1.95. The molecule has 0 saturated carbocycles. The second-order valence-electron chi connectivity index (χ2n) is 3.18. The fraction of sp³-hybridized carbons (Fsp3) is 0.300. The van der Waals surface area contributed by atoms with Gasteiger partial charge in [-0.1, -0.05) is 15.9 Å². The molecule has 1 aromatic carbocycles. The normalized spacial score (nSPS) is 11.1. The smallest absolute Gasteiger partial charge is 0.135 e. The summed E-state index contributed by atoms with van der Waals surface area (Å²) in [6, 6.07) is 3.36. The third-order valence-corrected chi connectivity index (χ3v) is 2.70. The van der Waals surface area contributed by atoms with Gasteiger partial charge in [0.05, 0.1) is 16.6 Å². The summed E-state index contributed by atoms with van der Waals surface area (Å²) in [7, 11) is 0. The lowest BCUT2D eigenvalue weighted by atomic mass is 10.2. The second-order valence-corrected chi connectivity index (χ2v) is 4.10. The minimum atomic E-state index is -0.216. The summed E-state index contributed by atoms with van der Waals surface area (Å²) < 4.78 is 16.1. The number of benzene rings is 1. The van der Waals surface area contributed by atoms with Crippen molar-refractivity contribution in [2.24, 2.45) is 0 Å². The van der Waals surface area contributed by atoms with Gasteiger partial charge in [-0.05, 0) is 26.0 Å². The van der Waals surface area contributed by atoms with Crippen molar-refractivity contribution in [3.05, 3.63) is 28.1 Å². The molecule has 14 heavy (non-hydrogen) atoms. The molecule has 0 amide bonds. The number of nitrogens with zero attached hydrogens (tertiary/aromatic N) is 2. The van der Waals surface area contributed by atoms with E-state index >= 15 is 0 Å². The van der Waals surface area contributed by atoms with Gasteiger partial charge in [-0.2, -0.15) is 5.10 Å². The fourth-order valence-corrected chi connectivity index (χ4v) is 2.07. The number of rotatable bonds is 1. The summed E-state index contributed by atoms with van der Waals surface area (Å²) >= 11 is 3.27. The van der Waals surface area contributed by atoms with Crippen LogP contribution >= 0.6 is 15.9 Å². The fourth-order valence-electron chi connectivity index (χ4n) is 1.65. The van der Waals surface area contributed by atoms with Gasteiger partial charge in [0.25, 0.3) is 0 Å². The number of halogens is 2. The molecule has 74 valence electrons. The van der Waals surface area contributed by atoms with Gasteiger partial charge in [-0.25, -0.2) is 4.39 Å². The highest BCUT2D eigenvalue weighted by molar-refractivity contribution is 9.10. The quantitative estimate of drug-likeness (QED) is 0.766. The van der Waals surface area contributed by atoms with E-state index in [-0.39, 0.29) is 5.82 Å². The average Bonchev–Trinajstić information content (AvgIpc) is 2.42. The van der Waals surface area contributed by atoms with Crippen molar-refractivity contribution in [2.45, 2.75) is 20.4 Å². The lowest BCUT2D eigenvalue weighted by molar-refractivity contribution is 0.638. The van der Waals surface area contributed by atoms with Crippen LogP contribution in [-0.2, 0) is 6.54 Å². The molecule has 2 rings (SSSR count). The van der Waals surface area contributed by atoms with Gasteiger partial charge in [-0.3, -0.25) is 4.68 Å². The van der Waals surface area contributed by atoms with Crippen LogP contribution in [0.4, 0.5) is 4.39 Å². The molecule has 1 aromatic heterocycles. The highest BCUT2D eigenvalue weighted by atomic mass is 79.9. The van der Waals surface area contributed by atoms with Gasteiger partial charge in [-0.15, -0.1) is 0 Å². The van der Waals surface area contributed by atoms with Crippen LogP contribution in [0.2, 0.25) is 0 Å². The van der Waals surface area contributed by atoms with Gasteiger partial charge in [0.1, 0.15) is 5.82 Å². The molecule has 0 atom stereocenters. The highest BCUT2D eigenvalue weighted by Crippen LogP contribution is 2.25. The van der Waals surface area contributed by atoms with Crippen LogP contribution in [0.15, 0.2) is 16.6 Å². The minimum absolute atomic E-state index is 0.216. The van der Waals surface area contributed by atoms with E-state index in [1.807, 2.05) is 19.9 Å². The maximum absolute atomic E-state index is 13.6.